The molecule has 182 valence electrons. The molecule has 0 N–H and O–H groups in total. The minimum atomic E-state index is -0.710. The highest BCUT2D eigenvalue weighted by molar-refractivity contribution is 6.45. The average Bonchev–Trinajstić information content (AvgIpc) is 2.86. The number of hydrogen-bond donors (Lipinski definition) is 0. The minimum Gasteiger partial charge on any atom is -0.273 e. The van der Waals surface area contributed by atoms with E-state index in [1.165, 1.54) is 0 Å². The second-order valence-electron chi connectivity index (χ2n) is 9.20. The van der Waals surface area contributed by atoms with Gasteiger partial charge in [0, 0.05) is 0 Å². The quantitative estimate of drug-likeness (QED) is 0.354. The lowest BCUT2D eigenvalue weighted by Gasteiger charge is -2.53. The molecule has 2 unspecified atom stereocenters. The number of halogens is 4. The first-order valence-electron chi connectivity index (χ1n) is 11.2. The molecule has 6 nitrogen and oxygen atoms in total. The molecule has 10 heteroatoms. The van der Waals surface area contributed by atoms with E-state index in [-0.39, 0.29) is 31.5 Å². The maximum atomic E-state index is 13.6. The summed E-state index contributed by atoms with van der Waals surface area (Å²) in [4.78, 5) is 56.7. The van der Waals surface area contributed by atoms with E-state index in [1.807, 2.05) is 0 Å². The Labute approximate surface area is 226 Å². The summed E-state index contributed by atoms with van der Waals surface area (Å²) in [6, 6.07) is 9.50. The average molecular weight is 562 g/mol. The molecule has 0 aromatic heterocycles. The molecule has 2 saturated heterocycles. The predicted octanol–water partition coefficient (Wildman–Crippen LogP) is 5.58. The Morgan fingerprint density at radius 2 is 0.806 bits per heavy atom. The van der Waals surface area contributed by atoms with E-state index in [9.17, 15) is 19.2 Å². The lowest BCUT2D eigenvalue weighted by atomic mass is 9.55. The Morgan fingerprint density at radius 1 is 0.500 bits per heavy atom. The molecule has 0 radical (unpaired) electrons. The maximum Gasteiger partial charge on any atom is 0.241 e. The molecule has 4 aliphatic rings. The fourth-order valence-electron chi connectivity index (χ4n) is 6.00. The van der Waals surface area contributed by atoms with Gasteiger partial charge in [-0.05, 0) is 36.1 Å². The third-order valence-corrected chi connectivity index (χ3v) is 9.14. The monoisotopic (exact) mass is 560 g/mol. The van der Waals surface area contributed by atoms with Crippen molar-refractivity contribution in [1.29, 1.82) is 0 Å². The SMILES string of the molecule is O=C1[C@H]2C=C[C@@H]3C(=O)N(c4cccc(Cl)c4Cl)C(=O)[C@@H]4C=C[C@H](C(=O)N1c1cccc(Cl)c1Cl)C2C34. The topological polar surface area (TPSA) is 74.8 Å². The lowest BCUT2D eigenvalue weighted by molar-refractivity contribution is -0.148. The van der Waals surface area contributed by atoms with Gasteiger partial charge >= 0.3 is 0 Å². The van der Waals surface area contributed by atoms with E-state index in [4.69, 9.17) is 46.4 Å². The Hall–Kier alpha value is -2.64. The maximum absolute atomic E-state index is 13.6. The lowest BCUT2D eigenvalue weighted by Crippen LogP contribution is -2.64. The van der Waals surface area contributed by atoms with Crippen molar-refractivity contribution in [3.05, 3.63) is 80.8 Å². The molecule has 0 saturated carbocycles. The number of amides is 4. The van der Waals surface area contributed by atoms with E-state index >= 15 is 0 Å². The van der Waals surface area contributed by atoms with Crippen LogP contribution in [0.3, 0.4) is 0 Å². The van der Waals surface area contributed by atoms with Crippen LogP contribution in [0.25, 0.3) is 0 Å². The van der Waals surface area contributed by atoms with Gasteiger partial charge in [-0.1, -0.05) is 82.8 Å². The van der Waals surface area contributed by atoms with Crippen molar-refractivity contribution in [3.8, 4) is 0 Å². The van der Waals surface area contributed by atoms with Gasteiger partial charge < -0.3 is 0 Å². The van der Waals surface area contributed by atoms with Gasteiger partial charge in [0.25, 0.3) is 0 Å². The number of piperidine rings is 2. The highest BCUT2D eigenvalue weighted by Crippen LogP contribution is 2.54. The van der Waals surface area contributed by atoms with E-state index in [2.05, 4.69) is 0 Å². The van der Waals surface area contributed by atoms with Gasteiger partial charge in [-0.15, -0.1) is 0 Å². The summed E-state index contributed by atoms with van der Waals surface area (Å²) in [6.45, 7) is 0. The van der Waals surface area contributed by atoms with Gasteiger partial charge in [-0.2, -0.15) is 0 Å². The molecular formula is C26H16Cl4N2O4. The second kappa shape index (κ2) is 8.45. The van der Waals surface area contributed by atoms with Crippen molar-refractivity contribution in [2.45, 2.75) is 0 Å². The molecule has 2 aliphatic heterocycles. The number of carbonyl (C=O) groups is 4. The minimum absolute atomic E-state index is 0.103. The molecule has 36 heavy (non-hydrogen) atoms. The van der Waals surface area contributed by atoms with Gasteiger partial charge in [0.1, 0.15) is 0 Å². The summed E-state index contributed by atoms with van der Waals surface area (Å²) in [5.41, 5.74) is 0.419. The van der Waals surface area contributed by atoms with Crippen LogP contribution >= 0.6 is 46.4 Å². The van der Waals surface area contributed by atoms with Gasteiger partial charge in [-0.25, -0.2) is 9.80 Å². The number of hydrogen-bond acceptors (Lipinski definition) is 4. The molecule has 0 bridgehead atoms. The third-order valence-electron chi connectivity index (χ3n) is 7.52. The van der Waals surface area contributed by atoms with E-state index < -0.39 is 59.1 Å². The van der Waals surface area contributed by atoms with Crippen LogP contribution in [-0.2, 0) is 19.2 Å². The zero-order chi connectivity index (χ0) is 25.5. The number of benzene rings is 2. The molecular weight excluding hydrogens is 546 g/mol. The summed E-state index contributed by atoms with van der Waals surface area (Å²) in [5, 5.41) is 0.649. The summed E-state index contributed by atoms with van der Waals surface area (Å²) >= 11 is 25.0. The van der Waals surface area contributed by atoms with Crippen LogP contribution in [0.5, 0.6) is 0 Å². The van der Waals surface area contributed by atoms with Crippen LogP contribution in [0.2, 0.25) is 20.1 Å². The Morgan fingerprint density at radius 3 is 1.11 bits per heavy atom. The van der Waals surface area contributed by atoms with Gasteiger partial charge in [-0.3, -0.25) is 19.2 Å². The van der Waals surface area contributed by atoms with E-state index in [1.54, 1.807) is 60.7 Å². The highest BCUT2D eigenvalue weighted by Gasteiger charge is 2.61. The van der Waals surface area contributed by atoms with E-state index in [0.717, 1.165) is 9.80 Å². The first-order chi connectivity index (χ1) is 17.2. The van der Waals surface area contributed by atoms with E-state index in [0.29, 0.717) is 0 Å². The Kier molecular flexibility index (Phi) is 5.57. The number of nitrogens with zero attached hydrogens (tertiary/aromatic N) is 2. The normalized spacial score (nSPS) is 30.7. The molecule has 2 aromatic rings. The number of anilines is 2. The third kappa shape index (κ3) is 3.18. The van der Waals surface area contributed by atoms with Crippen LogP contribution in [0.15, 0.2) is 60.7 Å². The molecule has 2 aromatic carbocycles. The predicted molar refractivity (Wildman–Crippen MR) is 137 cm³/mol. The van der Waals surface area contributed by atoms with Crippen molar-refractivity contribution in [1.82, 2.24) is 0 Å². The Bertz CT molecular complexity index is 1280. The van der Waals surface area contributed by atoms with Crippen molar-refractivity contribution in [2.24, 2.45) is 35.5 Å². The van der Waals surface area contributed by atoms with Gasteiger partial charge in [0.15, 0.2) is 0 Å². The number of carbonyl (C=O) groups excluding carboxylic acids is 4. The van der Waals surface area contributed by atoms with Crippen LogP contribution in [0, 0.1) is 35.5 Å². The van der Waals surface area contributed by atoms with Crippen LogP contribution in [0.4, 0.5) is 11.4 Å². The molecule has 2 aliphatic carbocycles. The molecule has 0 spiro atoms. The zero-order valence-corrected chi connectivity index (χ0v) is 21.3. The van der Waals surface area contributed by atoms with Crippen LogP contribution < -0.4 is 9.80 Å². The van der Waals surface area contributed by atoms with Crippen molar-refractivity contribution in [3.63, 3.8) is 0 Å². The summed E-state index contributed by atoms with van der Waals surface area (Å²) in [6.07, 6.45) is 6.67. The second-order valence-corrected chi connectivity index (χ2v) is 10.8. The molecule has 2 heterocycles. The van der Waals surface area contributed by atoms with Gasteiger partial charge in [0.05, 0.1) is 55.1 Å². The first kappa shape index (κ1) is 23.7. The van der Waals surface area contributed by atoms with Crippen LogP contribution in [-0.4, -0.2) is 23.6 Å². The first-order valence-corrected chi connectivity index (χ1v) is 12.7. The Balaban J connectivity index is 1.45. The number of rotatable bonds is 2. The standard InChI is InChI=1S/C26H16Cl4N2O4/c27-15-3-1-5-17(21(15)29)31-23(33)11-7-9-13-20-14(10-8-12(19(11)20)24(31)34)26(36)32(25(13)35)18-6-2-4-16(28)22(18)30/h1-14,19-20H/t11-,12-,13-,14+,19?,20?/m0/s1. The van der Waals surface area contributed by atoms with Crippen LogP contribution in [0.1, 0.15) is 0 Å². The number of imide groups is 2. The fraction of sp³-hybridized carbons (Fsp3) is 0.231. The molecule has 4 amide bonds. The summed E-state index contributed by atoms with van der Waals surface area (Å²) in [7, 11) is 0. The zero-order valence-electron chi connectivity index (χ0n) is 18.3. The highest BCUT2D eigenvalue weighted by atomic mass is 35.5. The van der Waals surface area contributed by atoms with Crippen molar-refractivity contribution >= 4 is 81.4 Å². The smallest absolute Gasteiger partial charge is 0.241 e. The van der Waals surface area contributed by atoms with Crippen molar-refractivity contribution in [2.75, 3.05) is 9.80 Å². The largest absolute Gasteiger partial charge is 0.273 e. The fourth-order valence-corrected chi connectivity index (χ4v) is 6.76. The van der Waals surface area contributed by atoms with Gasteiger partial charge in [0.2, 0.25) is 23.6 Å². The van der Waals surface area contributed by atoms with Crippen molar-refractivity contribution < 1.29 is 19.2 Å². The molecule has 6 rings (SSSR count). The summed E-state index contributed by atoms with van der Waals surface area (Å²) in [5.74, 6) is -5.79. The molecule has 6 atom stereocenters. The molecule has 2 fully saturated rings. The summed E-state index contributed by atoms with van der Waals surface area (Å²) < 4.78 is 0.